The molecule has 0 aliphatic carbocycles. The molecule has 1 saturated heterocycles. The van der Waals surface area contributed by atoms with Crippen molar-refractivity contribution < 1.29 is 19.0 Å². The van der Waals surface area contributed by atoms with E-state index in [-0.39, 0.29) is 11.3 Å². The molecule has 1 fully saturated rings. The average molecular weight is 238 g/mol. The normalized spacial score (nSPS) is 23.5. The Kier molecular flexibility index (Phi) is 5.93. The second kappa shape index (κ2) is 7.00. The predicted octanol–water partition coefficient (Wildman–Crippen LogP) is -0.228. The maximum atomic E-state index is 11.5. The molecule has 0 bridgehead atoms. The van der Waals surface area contributed by atoms with Gasteiger partial charge in [-0.2, -0.15) is 0 Å². The molecule has 1 N–H and O–H groups in total. The van der Waals surface area contributed by atoms with Gasteiger partial charge < -0.3 is 19.5 Å². The van der Waals surface area contributed by atoms with Gasteiger partial charge in [0.05, 0.1) is 31.8 Å². The van der Waals surface area contributed by atoms with Crippen LogP contribution in [-0.4, -0.2) is 57.5 Å². The van der Waals surface area contributed by atoms with Gasteiger partial charge in [0.25, 0.3) is 5.91 Å². The fraction of sp³-hybridized carbons (Fsp3) is 0.889. The standard InChI is InChI=1S/C9H16ClNO4/c1-13-5-7(10)4-11-9(12)8-6-14-2-3-15-8/h7-8H,2-6H2,1H3,(H,11,12). The first-order valence-electron chi connectivity index (χ1n) is 4.84. The lowest BCUT2D eigenvalue weighted by Crippen LogP contribution is -2.44. The van der Waals surface area contributed by atoms with Crippen LogP contribution in [0.1, 0.15) is 0 Å². The molecule has 1 heterocycles. The first-order chi connectivity index (χ1) is 7.24. The van der Waals surface area contributed by atoms with E-state index in [4.69, 9.17) is 25.8 Å². The van der Waals surface area contributed by atoms with Crippen molar-refractivity contribution in [2.24, 2.45) is 0 Å². The van der Waals surface area contributed by atoms with Crippen molar-refractivity contribution in [1.82, 2.24) is 5.32 Å². The first kappa shape index (κ1) is 12.7. The maximum Gasteiger partial charge on any atom is 0.251 e. The van der Waals surface area contributed by atoms with Crippen LogP contribution in [0, 0.1) is 0 Å². The molecular weight excluding hydrogens is 222 g/mol. The highest BCUT2D eigenvalue weighted by Crippen LogP contribution is 2.01. The van der Waals surface area contributed by atoms with E-state index in [1.165, 1.54) is 0 Å². The Labute approximate surface area is 94.0 Å². The van der Waals surface area contributed by atoms with Crippen molar-refractivity contribution in [2.75, 3.05) is 40.1 Å². The minimum atomic E-state index is -0.509. The molecule has 1 aliphatic heterocycles. The van der Waals surface area contributed by atoms with Crippen molar-refractivity contribution >= 4 is 17.5 Å². The Balaban J connectivity index is 2.16. The number of amides is 1. The van der Waals surface area contributed by atoms with E-state index in [0.717, 1.165) is 0 Å². The third-order valence-corrected chi connectivity index (χ3v) is 2.23. The number of ether oxygens (including phenoxy) is 3. The number of carbonyl (C=O) groups is 1. The zero-order valence-corrected chi connectivity index (χ0v) is 9.46. The summed E-state index contributed by atoms with van der Waals surface area (Å²) in [4.78, 5) is 11.5. The second-order valence-electron chi connectivity index (χ2n) is 3.23. The molecule has 2 unspecified atom stereocenters. The third-order valence-electron chi connectivity index (χ3n) is 1.95. The van der Waals surface area contributed by atoms with E-state index >= 15 is 0 Å². The van der Waals surface area contributed by atoms with Crippen LogP contribution in [0.25, 0.3) is 0 Å². The number of hydrogen-bond acceptors (Lipinski definition) is 4. The monoisotopic (exact) mass is 237 g/mol. The summed E-state index contributed by atoms with van der Waals surface area (Å²) in [5.74, 6) is -0.184. The zero-order chi connectivity index (χ0) is 11.1. The molecule has 0 radical (unpaired) electrons. The minimum absolute atomic E-state index is 0.184. The van der Waals surface area contributed by atoms with Gasteiger partial charge in [0.15, 0.2) is 6.10 Å². The summed E-state index contributed by atoms with van der Waals surface area (Å²) in [5.41, 5.74) is 0. The number of rotatable bonds is 5. The number of hydrogen-bond donors (Lipinski definition) is 1. The molecular formula is C9H16ClNO4. The summed E-state index contributed by atoms with van der Waals surface area (Å²) < 4.78 is 15.2. The summed E-state index contributed by atoms with van der Waals surface area (Å²) in [5, 5.41) is 2.46. The van der Waals surface area contributed by atoms with Gasteiger partial charge in [0.1, 0.15) is 0 Å². The van der Waals surface area contributed by atoms with Gasteiger partial charge in [-0.15, -0.1) is 11.6 Å². The van der Waals surface area contributed by atoms with E-state index in [2.05, 4.69) is 5.32 Å². The molecule has 88 valence electrons. The molecule has 0 aromatic rings. The Bertz CT molecular complexity index is 197. The van der Waals surface area contributed by atoms with Crippen molar-refractivity contribution in [3.8, 4) is 0 Å². The van der Waals surface area contributed by atoms with Crippen LogP contribution in [0.2, 0.25) is 0 Å². The van der Waals surface area contributed by atoms with Gasteiger partial charge in [-0.3, -0.25) is 4.79 Å². The van der Waals surface area contributed by atoms with Crippen molar-refractivity contribution in [3.05, 3.63) is 0 Å². The number of alkyl halides is 1. The number of halogens is 1. The second-order valence-corrected chi connectivity index (χ2v) is 3.85. The van der Waals surface area contributed by atoms with E-state index in [1.807, 2.05) is 0 Å². The highest BCUT2D eigenvalue weighted by Gasteiger charge is 2.22. The van der Waals surface area contributed by atoms with Crippen LogP contribution in [0.3, 0.4) is 0 Å². The Morgan fingerprint density at radius 1 is 1.67 bits per heavy atom. The number of nitrogens with one attached hydrogen (secondary N) is 1. The van der Waals surface area contributed by atoms with Crippen LogP contribution in [0.4, 0.5) is 0 Å². The summed E-state index contributed by atoms with van der Waals surface area (Å²) in [6.07, 6.45) is -0.509. The molecule has 0 spiro atoms. The molecule has 1 rings (SSSR count). The summed E-state index contributed by atoms with van der Waals surface area (Å²) in [6, 6.07) is 0. The smallest absolute Gasteiger partial charge is 0.251 e. The van der Waals surface area contributed by atoms with Gasteiger partial charge in [0, 0.05) is 13.7 Å². The molecule has 15 heavy (non-hydrogen) atoms. The highest BCUT2D eigenvalue weighted by atomic mass is 35.5. The summed E-state index contributed by atoms with van der Waals surface area (Å²) in [6.45, 7) is 2.09. The molecule has 0 saturated carbocycles. The first-order valence-corrected chi connectivity index (χ1v) is 5.27. The van der Waals surface area contributed by atoms with Gasteiger partial charge in [-0.25, -0.2) is 0 Å². The fourth-order valence-electron chi connectivity index (χ4n) is 1.20. The largest absolute Gasteiger partial charge is 0.383 e. The third kappa shape index (κ3) is 4.79. The lowest BCUT2D eigenvalue weighted by molar-refractivity contribution is -0.147. The van der Waals surface area contributed by atoms with Gasteiger partial charge in [-0.05, 0) is 0 Å². The van der Waals surface area contributed by atoms with Crippen molar-refractivity contribution in [3.63, 3.8) is 0 Å². The lowest BCUT2D eigenvalue weighted by atomic mass is 10.3. The molecule has 0 aromatic carbocycles. The van der Waals surface area contributed by atoms with Gasteiger partial charge >= 0.3 is 0 Å². The number of carbonyl (C=O) groups excluding carboxylic acids is 1. The Morgan fingerprint density at radius 2 is 2.47 bits per heavy atom. The van der Waals surface area contributed by atoms with Crippen molar-refractivity contribution in [2.45, 2.75) is 11.5 Å². The van der Waals surface area contributed by atoms with Crippen LogP contribution >= 0.6 is 11.6 Å². The van der Waals surface area contributed by atoms with Crippen molar-refractivity contribution in [1.29, 1.82) is 0 Å². The van der Waals surface area contributed by atoms with E-state index in [9.17, 15) is 4.79 Å². The zero-order valence-electron chi connectivity index (χ0n) is 8.70. The van der Waals surface area contributed by atoms with Gasteiger partial charge in [0.2, 0.25) is 0 Å². The molecule has 2 atom stereocenters. The topological polar surface area (TPSA) is 56.8 Å². The fourth-order valence-corrected chi connectivity index (χ4v) is 1.41. The van der Waals surface area contributed by atoms with Gasteiger partial charge in [-0.1, -0.05) is 0 Å². The SMILES string of the molecule is COCC(Cl)CNC(=O)C1COCCO1. The predicted molar refractivity (Wildman–Crippen MR) is 55.1 cm³/mol. The Morgan fingerprint density at radius 3 is 3.07 bits per heavy atom. The lowest BCUT2D eigenvalue weighted by Gasteiger charge is -2.22. The number of methoxy groups -OCH3 is 1. The van der Waals surface area contributed by atoms with E-state index in [1.54, 1.807) is 7.11 Å². The molecule has 5 nitrogen and oxygen atoms in total. The molecule has 1 amide bonds. The summed E-state index contributed by atoms with van der Waals surface area (Å²) in [7, 11) is 1.56. The molecule has 6 heteroatoms. The quantitative estimate of drug-likeness (QED) is 0.672. The van der Waals surface area contributed by atoms with Crippen LogP contribution in [0.5, 0.6) is 0 Å². The minimum Gasteiger partial charge on any atom is -0.383 e. The van der Waals surface area contributed by atoms with Crippen LogP contribution in [-0.2, 0) is 19.0 Å². The van der Waals surface area contributed by atoms with Crippen LogP contribution < -0.4 is 5.32 Å². The maximum absolute atomic E-state index is 11.5. The molecule has 0 aromatic heterocycles. The Hall–Kier alpha value is -0.360. The summed E-state index contributed by atoms with van der Waals surface area (Å²) >= 11 is 5.85. The highest BCUT2D eigenvalue weighted by molar-refractivity contribution is 6.21. The van der Waals surface area contributed by atoms with E-state index in [0.29, 0.717) is 33.0 Å². The average Bonchev–Trinajstić information content (AvgIpc) is 2.27. The molecule has 1 aliphatic rings. The van der Waals surface area contributed by atoms with Crippen LogP contribution in [0.15, 0.2) is 0 Å². The van der Waals surface area contributed by atoms with E-state index < -0.39 is 6.10 Å².